The minimum absolute atomic E-state index is 0.0181. The van der Waals surface area contributed by atoms with E-state index in [-0.39, 0.29) is 31.9 Å². The van der Waals surface area contributed by atoms with Crippen molar-refractivity contribution in [3.05, 3.63) is 47.6 Å². The maximum atomic E-state index is 14.4. The van der Waals surface area contributed by atoms with E-state index in [1.54, 1.807) is 59.7 Å². The molecule has 5 rings (SSSR count). The maximum Gasteiger partial charge on any atom is 0.408 e. The van der Waals surface area contributed by atoms with Gasteiger partial charge in [0.25, 0.3) is 0 Å². The molecule has 2 heterocycles. The van der Waals surface area contributed by atoms with E-state index in [0.29, 0.717) is 34.2 Å². The predicted molar refractivity (Wildman–Crippen MR) is 191 cm³/mol. The molecule has 1 aromatic carbocycles. The Balaban J connectivity index is 1.46. The number of benzene rings is 1. The molecule has 15 heteroatoms. The van der Waals surface area contributed by atoms with Crippen molar-refractivity contribution in [2.45, 2.75) is 108 Å². The van der Waals surface area contributed by atoms with Crippen molar-refractivity contribution < 1.29 is 42.2 Å². The van der Waals surface area contributed by atoms with Gasteiger partial charge in [0.15, 0.2) is 15.6 Å². The molecule has 0 bridgehead atoms. The average molecular weight is 747 g/mol. The number of nitrogens with zero attached hydrogens (tertiary/aromatic N) is 2. The first kappa shape index (κ1) is 38.5. The van der Waals surface area contributed by atoms with Crippen molar-refractivity contribution in [3.8, 4) is 5.88 Å². The number of rotatable bonds is 12. The smallest absolute Gasteiger partial charge is 0.408 e. The second kappa shape index (κ2) is 14.0. The first-order chi connectivity index (χ1) is 23.7. The van der Waals surface area contributed by atoms with E-state index < -0.39 is 85.2 Å². The molecule has 3 amide bonds. The minimum atomic E-state index is -3.67. The van der Waals surface area contributed by atoms with Crippen LogP contribution in [0.5, 0.6) is 5.88 Å². The number of amides is 3. The van der Waals surface area contributed by atoms with Gasteiger partial charge in [0, 0.05) is 34.5 Å². The molecular weight excluding hydrogens is 700 g/mol. The lowest BCUT2D eigenvalue weighted by atomic mass is 9.85. The summed E-state index contributed by atoms with van der Waals surface area (Å²) in [5.74, 6) is -2.87. The number of hydrogen-bond donors (Lipinski definition) is 3. The summed E-state index contributed by atoms with van der Waals surface area (Å²) in [5, 5.41) is 16.4. The van der Waals surface area contributed by atoms with Crippen LogP contribution < -0.4 is 15.4 Å². The fourth-order valence-electron chi connectivity index (χ4n) is 6.51. The highest BCUT2D eigenvalue weighted by Crippen LogP contribution is 2.46. The highest BCUT2D eigenvalue weighted by atomic mass is 35.5. The van der Waals surface area contributed by atoms with Crippen LogP contribution in [0.2, 0.25) is 5.02 Å². The molecule has 0 unspecified atom stereocenters. The van der Waals surface area contributed by atoms with E-state index in [1.165, 1.54) is 17.2 Å². The Morgan fingerprint density at radius 3 is 2.41 bits per heavy atom. The van der Waals surface area contributed by atoms with Crippen LogP contribution in [0.4, 0.5) is 4.79 Å². The Labute approximate surface area is 303 Å². The monoisotopic (exact) mass is 746 g/mol. The van der Waals surface area contributed by atoms with Gasteiger partial charge < -0.3 is 30.1 Å². The van der Waals surface area contributed by atoms with Gasteiger partial charge in [0.1, 0.15) is 35.1 Å². The Bertz CT molecular complexity index is 1850. The number of halogens is 1. The molecule has 51 heavy (non-hydrogen) atoms. The number of hydrogen-bond acceptors (Lipinski definition) is 10. The van der Waals surface area contributed by atoms with Crippen molar-refractivity contribution >= 4 is 55.9 Å². The molecule has 3 aliphatic rings. The second-order valence-corrected chi connectivity index (χ2v) is 18.5. The summed E-state index contributed by atoms with van der Waals surface area (Å²) in [6.07, 6.45) is 2.57. The molecule has 0 spiro atoms. The van der Waals surface area contributed by atoms with Crippen molar-refractivity contribution in [1.82, 2.24) is 20.5 Å². The van der Waals surface area contributed by atoms with Gasteiger partial charge in [-0.05, 0) is 63.0 Å². The van der Waals surface area contributed by atoms with E-state index in [2.05, 4.69) is 22.2 Å². The zero-order valence-corrected chi connectivity index (χ0v) is 31.4. The molecule has 2 aliphatic carbocycles. The van der Waals surface area contributed by atoms with Crippen LogP contribution in [0.25, 0.3) is 10.8 Å². The molecule has 3 N–H and O–H groups in total. The number of Topliss-reactive ketones (excluding diaryl/α,β-unsaturated/α-hetero) is 1. The maximum absolute atomic E-state index is 14.4. The topological polar surface area (TPSA) is 181 Å². The lowest BCUT2D eigenvalue weighted by Gasteiger charge is -2.36. The average Bonchev–Trinajstić information content (AvgIpc) is 3.95. The van der Waals surface area contributed by atoms with Crippen molar-refractivity contribution in [1.29, 1.82) is 0 Å². The molecule has 2 aromatic rings. The lowest BCUT2D eigenvalue weighted by molar-refractivity contribution is -0.142. The minimum Gasteiger partial charge on any atom is -0.472 e. The number of carbonyl (C=O) groups is 4. The Hall–Kier alpha value is -3.75. The summed E-state index contributed by atoms with van der Waals surface area (Å²) in [6.45, 7) is 13.8. The zero-order valence-electron chi connectivity index (χ0n) is 29.8. The van der Waals surface area contributed by atoms with E-state index in [1.807, 2.05) is 0 Å². The summed E-state index contributed by atoms with van der Waals surface area (Å²) >= 11 is 6.30. The van der Waals surface area contributed by atoms with Gasteiger partial charge in [-0.25, -0.2) is 18.2 Å². The highest BCUT2D eigenvalue weighted by Gasteiger charge is 2.61. The zero-order chi connectivity index (χ0) is 37.7. The Morgan fingerprint density at radius 1 is 1.16 bits per heavy atom. The normalized spacial score (nSPS) is 24.1. The van der Waals surface area contributed by atoms with E-state index >= 15 is 0 Å². The van der Waals surface area contributed by atoms with Gasteiger partial charge in [-0.1, -0.05) is 44.5 Å². The number of nitrogens with one attached hydrogen (secondary N) is 2. The number of likely N-dealkylation sites (tertiary alicyclic amines) is 1. The number of pyridine rings is 1. The van der Waals surface area contributed by atoms with Crippen LogP contribution in [-0.4, -0.2) is 94.0 Å². The third kappa shape index (κ3) is 8.49. The summed E-state index contributed by atoms with van der Waals surface area (Å²) in [4.78, 5) is 60.9. The van der Waals surface area contributed by atoms with E-state index in [4.69, 9.17) is 21.1 Å². The van der Waals surface area contributed by atoms with Gasteiger partial charge in [-0.15, -0.1) is 6.58 Å². The highest BCUT2D eigenvalue weighted by molar-refractivity contribution is 7.93. The number of aliphatic hydroxyl groups is 1. The molecular formula is C36H47ClN4O9S. The molecule has 1 saturated heterocycles. The SMILES string of the molecule is C=C[C@@H]1C[C@]1(NC(=O)[C@@H]1C[C@@H](Oc2ncc(CO)c3ccc(Cl)cc23)CN1C(=O)[C@@H](NC(=O)OC(C)(C)C)C(C)(C)C)C(=O)CS(=O)(=O)C1CC1. The summed E-state index contributed by atoms with van der Waals surface area (Å²) in [5.41, 5.74) is -2.59. The van der Waals surface area contributed by atoms with Crippen molar-refractivity contribution in [3.63, 3.8) is 0 Å². The Morgan fingerprint density at radius 2 is 1.84 bits per heavy atom. The summed E-state index contributed by atoms with van der Waals surface area (Å²) < 4.78 is 37.3. The summed E-state index contributed by atoms with van der Waals surface area (Å²) in [7, 11) is -3.67. The Kier molecular flexibility index (Phi) is 10.6. The first-order valence-corrected chi connectivity index (χ1v) is 19.1. The van der Waals surface area contributed by atoms with Crippen LogP contribution in [0.15, 0.2) is 37.1 Å². The largest absolute Gasteiger partial charge is 0.472 e. The number of fused-ring (bicyclic) bond motifs is 1. The quantitative estimate of drug-likeness (QED) is 0.270. The molecule has 0 radical (unpaired) electrons. The number of carbonyl (C=O) groups excluding carboxylic acids is 4. The molecule has 278 valence electrons. The number of aromatic nitrogens is 1. The van der Waals surface area contributed by atoms with Crippen LogP contribution >= 0.6 is 11.6 Å². The number of sulfone groups is 1. The van der Waals surface area contributed by atoms with E-state index in [9.17, 15) is 32.7 Å². The molecule has 3 fully saturated rings. The third-order valence-electron chi connectivity index (χ3n) is 9.47. The predicted octanol–water partition coefficient (Wildman–Crippen LogP) is 3.88. The number of ether oxygens (including phenoxy) is 2. The van der Waals surface area contributed by atoms with Crippen LogP contribution in [0.3, 0.4) is 0 Å². The van der Waals surface area contributed by atoms with Crippen LogP contribution in [0, 0.1) is 11.3 Å². The van der Waals surface area contributed by atoms with Crippen molar-refractivity contribution in [2.75, 3.05) is 12.3 Å². The molecule has 2 saturated carbocycles. The van der Waals surface area contributed by atoms with Gasteiger partial charge in [0.2, 0.25) is 17.7 Å². The van der Waals surface area contributed by atoms with E-state index in [0.717, 1.165) is 0 Å². The second-order valence-electron chi connectivity index (χ2n) is 15.8. The first-order valence-electron chi connectivity index (χ1n) is 17.0. The molecule has 13 nitrogen and oxygen atoms in total. The van der Waals surface area contributed by atoms with Gasteiger partial charge in [-0.3, -0.25) is 14.4 Å². The molecule has 1 aliphatic heterocycles. The number of alkyl carbamates (subject to hydrolysis) is 1. The standard InChI is InChI=1S/C36H47ClN4O9S/c1-8-21-15-36(21,28(43)19-51(47,48)24-10-11-24)40-30(44)27-14-23(49-31-26-13-22(37)9-12-25(26)20(18-42)16-38-31)17-41(27)32(45)29(34(2,3)4)39-33(46)50-35(5,6)7/h8-9,12-13,16,21,23-24,27,29,42H,1,10-11,14-15,17-19H2,2-7H3,(H,39,46)(H,40,44)/t21-,23-,27+,29-,36-/m1/s1. The number of aliphatic hydroxyl groups excluding tert-OH is 1. The van der Waals surface area contributed by atoms with Crippen molar-refractivity contribution in [2.24, 2.45) is 11.3 Å². The molecule has 1 aromatic heterocycles. The fraction of sp³-hybridized carbons (Fsp3) is 0.583. The van der Waals surface area contributed by atoms with Gasteiger partial charge in [-0.2, -0.15) is 0 Å². The van der Waals surface area contributed by atoms with Crippen LogP contribution in [-0.2, 0) is 35.6 Å². The fourth-order valence-corrected chi connectivity index (χ4v) is 8.39. The lowest BCUT2D eigenvalue weighted by Crippen LogP contribution is -2.59. The van der Waals surface area contributed by atoms with Gasteiger partial charge >= 0.3 is 6.09 Å². The summed E-state index contributed by atoms with van der Waals surface area (Å²) in [6, 6.07) is 2.75. The third-order valence-corrected chi connectivity index (χ3v) is 11.9. The van der Waals surface area contributed by atoms with Crippen LogP contribution in [0.1, 0.15) is 72.8 Å². The van der Waals surface area contributed by atoms with Gasteiger partial charge in [0.05, 0.1) is 18.4 Å². The molecule has 5 atom stereocenters. The number of ketones is 1.